The van der Waals surface area contributed by atoms with E-state index in [4.69, 9.17) is 0 Å². The van der Waals surface area contributed by atoms with Crippen molar-refractivity contribution in [3.8, 4) is 0 Å². The lowest BCUT2D eigenvalue weighted by Gasteiger charge is -2.32. The van der Waals surface area contributed by atoms with E-state index in [0.29, 0.717) is 0 Å². The molecule has 0 saturated heterocycles. The standard InChI is InChI=1S/C20H27N/c1-2-14-21-20-13-6-4-9-18(20)15-17-11-7-10-16-8-3-5-12-19(16)17/h3,5,7-8,10-12,18,20-21H,2,4,6,9,13-15H2,1H3. The van der Waals surface area contributed by atoms with Gasteiger partial charge < -0.3 is 5.32 Å². The molecule has 3 rings (SSSR count). The number of benzene rings is 2. The topological polar surface area (TPSA) is 12.0 Å². The molecule has 1 nitrogen and oxygen atoms in total. The molecule has 0 bridgehead atoms. The van der Waals surface area contributed by atoms with Crippen molar-refractivity contribution in [1.29, 1.82) is 0 Å². The lowest BCUT2D eigenvalue weighted by molar-refractivity contribution is 0.262. The second-order valence-electron chi connectivity index (χ2n) is 6.45. The molecule has 0 radical (unpaired) electrons. The van der Waals surface area contributed by atoms with E-state index in [-0.39, 0.29) is 0 Å². The first-order valence-corrected chi connectivity index (χ1v) is 8.58. The molecule has 0 aliphatic heterocycles. The molecule has 0 amide bonds. The van der Waals surface area contributed by atoms with Gasteiger partial charge in [0.1, 0.15) is 0 Å². The molecule has 112 valence electrons. The van der Waals surface area contributed by atoms with Gasteiger partial charge in [-0.05, 0) is 54.5 Å². The molecule has 1 saturated carbocycles. The van der Waals surface area contributed by atoms with E-state index in [2.05, 4.69) is 54.7 Å². The van der Waals surface area contributed by atoms with Crippen molar-refractivity contribution in [2.45, 2.75) is 51.5 Å². The van der Waals surface area contributed by atoms with Crippen molar-refractivity contribution >= 4 is 10.8 Å². The minimum Gasteiger partial charge on any atom is -0.314 e. The van der Waals surface area contributed by atoms with Crippen molar-refractivity contribution in [3.05, 3.63) is 48.0 Å². The highest BCUT2D eigenvalue weighted by Gasteiger charge is 2.24. The zero-order valence-electron chi connectivity index (χ0n) is 13.1. The van der Waals surface area contributed by atoms with Gasteiger partial charge in [-0.1, -0.05) is 62.2 Å². The lowest BCUT2D eigenvalue weighted by Crippen LogP contribution is -2.39. The Morgan fingerprint density at radius 2 is 1.81 bits per heavy atom. The van der Waals surface area contributed by atoms with Crippen LogP contribution in [0.2, 0.25) is 0 Å². The maximum Gasteiger partial charge on any atom is 0.00985 e. The summed E-state index contributed by atoms with van der Waals surface area (Å²) in [6.45, 7) is 3.42. The maximum atomic E-state index is 3.79. The van der Waals surface area contributed by atoms with Gasteiger partial charge in [-0.15, -0.1) is 0 Å². The smallest absolute Gasteiger partial charge is 0.00985 e. The molecule has 21 heavy (non-hydrogen) atoms. The van der Waals surface area contributed by atoms with Crippen LogP contribution in [0.5, 0.6) is 0 Å². The Kier molecular flexibility index (Phi) is 4.92. The molecule has 0 spiro atoms. The lowest BCUT2D eigenvalue weighted by atomic mass is 9.80. The third kappa shape index (κ3) is 3.47. The molecule has 0 heterocycles. The predicted octanol–water partition coefficient (Wildman–Crippen LogP) is 4.94. The minimum absolute atomic E-state index is 0.720. The monoisotopic (exact) mass is 281 g/mol. The molecule has 1 heteroatoms. The molecule has 2 aromatic rings. The zero-order chi connectivity index (χ0) is 14.5. The van der Waals surface area contributed by atoms with Gasteiger partial charge in [0.2, 0.25) is 0 Å². The Hall–Kier alpha value is -1.34. The van der Waals surface area contributed by atoms with Crippen LogP contribution in [-0.4, -0.2) is 12.6 Å². The first-order chi connectivity index (χ1) is 10.4. The van der Waals surface area contributed by atoms with Crippen LogP contribution in [0, 0.1) is 5.92 Å². The fourth-order valence-electron chi connectivity index (χ4n) is 3.80. The van der Waals surface area contributed by atoms with Gasteiger partial charge in [-0.25, -0.2) is 0 Å². The van der Waals surface area contributed by atoms with E-state index in [1.165, 1.54) is 54.9 Å². The Bertz CT molecular complexity index is 570. The summed E-state index contributed by atoms with van der Waals surface area (Å²) in [5.41, 5.74) is 1.53. The van der Waals surface area contributed by atoms with Crippen molar-refractivity contribution in [1.82, 2.24) is 5.32 Å². The highest BCUT2D eigenvalue weighted by Crippen LogP contribution is 2.30. The molecule has 2 unspecified atom stereocenters. The average Bonchev–Trinajstić information content (AvgIpc) is 2.54. The van der Waals surface area contributed by atoms with Crippen molar-refractivity contribution in [2.75, 3.05) is 6.54 Å². The van der Waals surface area contributed by atoms with E-state index in [1.54, 1.807) is 0 Å². The Balaban J connectivity index is 1.79. The van der Waals surface area contributed by atoms with Crippen LogP contribution in [0.1, 0.15) is 44.6 Å². The van der Waals surface area contributed by atoms with E-state index < -0.39 is 0 Å². The zero-order valence-corrected chi connectivity index (χ0v) is 13.1. The second-order valence-corrected chi connectivity index (χ2v) is 6.45. The van der Waals surface area contributed by atoms with Crippen LogP contribution in [0.4, 0.5) is 0 Å². The van der Waals surface area contributed by atoms with Crippen LogP contribution >= 0.6 is 0 Å². The van der Waals surface area contributed by atoms with Crippen molar-refractivity contribution in [3.63, 3.8) is 0 Å². The average molecular weight is 281 g/mol. The maximum absolute atomic E-state index is 3.79. The summed E-state index contributed by atoms with van der Waals surface area (Å²) >= 11 is 0. The number of nitrogens with one attached hydrogen (secondary N) is 1. The van der Waals surface area contributed by atoms with Crippen LogP contribution in [-0.2, 0) is 6.42 Å². The highest BCUT2D eigenvalue weighted by atomic mass is 14.9. The van der Waals surface area contributed by atoms with Crippen LogP contribution in [0.15, 0.2) is 42.5 Å². The third-order valence-electron chi connectivity index (χ3n) is 4.93. The van der Waals surface area contributed by atoms with Crippen LogP contribution < -0.4 is 5.32 Å². The summed E-state index contributed by atoms with van der Waals surface area (Å²) in [7, 11) is 0. The predicted molar refractivity (Wildman–Crippen MR) is 91.7 cm³/mol. The van der Waals surface area contributed by atoms with Crippen LogP contribution in [0.3, 0.4) is 0 Å². The van der Waals surface area contributed by atoms with Crippen molar-refractivity contribution in [2.24, 2.45) is 5.92 Å². The minimum atomic E-state index is 0.720. The van der Waals surface area contributed by atoms with Gasteiger partial charge in [-0.3, -0.25) is 0 Å². The molecule has 1 aliphatic rings. The summed E-state index contributed by atoms with van der Waals surface area (Å²) < 4.78 is 0. The Morgan fingerprint density at radius 1 is 1.00 bits per heavy atom. The Labute approximate surface area is 128 Å². The summed E-state index contributed by atoms with van der Waals surface area (Å²) in [5.74, 6) is 0.802. The SMILES string of the molecule is CCCNC1CCCCC1Cc1cccc2ccccc12. The van der Waals surface area contributed by atoms with E-state index in [9.17, 15) is 0 Å². The van der Waals surface area contributed by atoms with Gasteiger partial charge in [0.05, 0.1) is 0 Å². The van der Waals surface area contributed by atoms with E-state index in [0.717, 1.165) is 18.5 Å². The summed E-state index contributed by atoms with van der Waals surface area (Å²) in [5, 5.41) is 6.61. The molecular formula is C20H27N. The number of hydrogen-bond donors (Lipinski definition) is 1. The number of rotatable bonds is 5. The molecule has 1 N–H and O–H groups in total. The molecule has 1 fully saturated rings. The summed E-state index contributed by atoms with van der Waals surface area (Å²) in [4.78, 5) is 0. The quantitative estimate of drug-likeness (QED) is 0.818. The fraction of sp³-hybridized carbons (Fsp3) is 0.500. The second kappa shape index (κ2) is 7.09. The van der Waals surface area contributed by atoms with Gasteiger partial charge in [0.15, 0.2) is 0 Å². The third-order valence-corrected chi connectivity index (χ3v) is 4.93. The number of hydrogen-bond acceptors (Lipinski definition) is 1. The molecule has 2 aromatic carbocycles. The highest BCUT2D eigenvalue weighted by molar-refractivity contribution is 5.85. The van der Waals surface area contributed by atoms with Gasteiger partial charge >= 0.3 is 0 Å². The normalized spacial score (nSPS) is 22.5. The summed E-state index contributed by atoms with van der Waals surface area (Å²) in [6, 6.07) is 16.3. The van der Waals surface area contributed by atoms with Gasteiger partial charge in [0, 0.05) is 6.04 Å². The number of fused-ring (bicyclic) bond motifs is 1. The first kappa shape index (κ1) is 14.6. The van der Waals surface area contributed by atoms with E-state index in [1.807, 2.05) is 0 Å². The largest absolute Gasteiger partial charge is 0.314 e. The fourth-order valence-corrected chi connectivity index (χ4v) is 3.80. The first-order valence-electron chi connectivity index (χ1n) is 8.58. The molecule has 2 atom stereocenters. The van der Waals surface area contributed by atoms with Crippen LogP contribution in [0.25, 0.3) is 10.8 Å². The Morgan fingerprint density at radius 3 is 2.71 bits per heavy atom. The van der Waals surface area contributed by atoms with Gasteiger partial charge in [-0.2, -0.15) is 0 Å². The van der Waals surface area contributed by atoms with Gasteiger partial charge in [0.25, 0.3) is 0 Å². The molecule has 0 aromatic heterocycles. The molecular weight excluding hydrogens is 254 g/mol. The molecule has 1 aliphatic carbocycles. The van der Waals surface area contributed by atoms with E-state index >= 15 is 0 Å². The van der Waals surface area contributed by atoms with Crippen molar-refractivity contribution < 1.29 is 0 Å². The summed E-state index contributed by atoms with van der Waals surface area (Å²) in [6.07, 6.45) is 7.99.